The molecular weight excluding hydrogens is 426 g/mol. The van der Waals surface area contributed by atoms with Gasteiger partial charge in [-0.2, -0.15) is 5.10 Å². The van der Waals surface area contributed by atoms with E-state index >= 15 is 0 Å². The molecule has 0 saturated carbocycles. The number of amides is 2. The number of benzene rings is 1. The second-order valence-electron chi connectivity index (χ2n) is 8.61. The van der Waals surface area contributed by atoms with Crippen LogP contribution in [0.4, 0.5) is 0 Å². The van der Waals surface area contributed by atoms with Crippen molar-refractivity contribution in [3.63, 3.8) is 0 Å². The van der Waals surface area contributed by atoms with Gasteiger partial charge in [-0.3, -0.25) is 14.5 Å². The van der Waals surface area contributed by atoms with Crippen molar-refractivity contribution in [3.05, 3.63) is 46.7 Å². The molecule has 32 heavy (non-hydrogen) atoms. The van der Waals surface area contributed by atoms with Crippen LogP contribution < -0.4 is 0 Å². The zero-order valence-corrected chi connectivity index (χ0v) is 19.6. The molecule has 8 heteroatoms. The summed E-state index contributed by atoms with van der Waals surface area (Å²) >= 11 is 6.14. The fraction of sp³-hybridized carbons (Fsp3) is 0.542. The monoisotopic (exact) mass is 457 g/mol. The Hall–Kier alpha value is -2.38. The first kappa shape index (κ1) is 22.8. The maximum atomic E-state index is 13.3. The van der Waals surface area contributed by atoms with Crippen molar-refractivity contribution in [1.29, 1.82) is 0 Å². The summed E-state index contributed by atoms with van der Waals surface area (Å²) in [4.78, 5) is 32.0. The molecule has 7 nitrogen and oxygen atoms in total. The minimum atomic E-state index is 0.00798. The molecule has 0 spiro atoms. The number of piperazine rings is 1. The van der Waals surface area contributed by atoms with Gasteiger partial charge in [-0.25, -0.2) is 4.68 Å². The SMILES string of the molecule is CCc1c(C(=O)N2CCN(CC(=O)N3CCCCCC3)CC2)cnn1-c1cccc(Cl)c1. The Bertz CT molecular complexity index is 944. The summed E-state index contributed by atoms with van der Waals surface area (Å²) < 4.78 is 1.80. The van der Waals surface area contributed by atoms with Crippen molar-refractivity contribution in [2.24, 2.45) is 0 Å². The molecule has 2 aromatic rings. The van der Waals surface area contributed by atoms with E-state index in [9.17, 15) is 9.59 Å². The third kappa shape index (κ3) is 5.15. The smallest absolute Gasteiger partial charge is 0.257 e. The summed E-state index contributed by atoms with van der Waals surface area (Å²) in [6.45, 7) is 6.93. The van der Waals surface area contributed by atoms with Gasteiger partial charge in [0.05, 0.1) is 29.7 Å². The molecule has 0 unspecified atom stereocenters. The van der Waals surface area contributed by atoms with Gasteiger partial charge in [0.25, 0.3) is 5.91 Å². The van der Waals surface area contributed by atoms with E-state index in [0.29, 0.717) is 36.6 Å². The summed E-state index contributed by atoms with van der Waals surface area (Å²) in [6.07, 6.45) is 7.01. The molecule has 0 N–H and O–H groups in total. The number of rotatable bonds is 5. The van der Waals surface area contributed by atoms with Crippen molar-refractivity contribution in [3.8, 4) is 5.69 Å². The Labute approximate surface area is 194 Å². The predicted molar refractivity (Wildman–Crippen MR) is 125 cm³/mol. The van der Waals surface area contributed by atoms with Gasteiger partial charge in [0.1, 0.15) is 0 Å². The first-order valence-electron chi connectivity index (χ1n) is 11.7. The van der Waals surface area contributed by atoms with E-state index < -0.39 is 0 Å². The number of likely N-dealkylation sites (tertiary alicyclic amines) is 1. The van der Waals surface area contributed by atoms with E-state index in [1.165, 1.54) is 12.8 Å². The molecule has 2 aliphatic rings. The molecule has 1 aromatic heterocycles. The van der Waals surface area contributed by atoms with E-state index in [-0.39, 0.29) is 11.8 Å². The number of nitrogens with zero attached hydrogens (tertiary/aromatic N) is 5. The van der Waals surface area contributed by atoms with Crippen molar-refractivity contribution >= 4 is 23.4 Å². The second-order valence-corrected chi connectivity index (χ2v) is 9.05. The van der Waals surface area contributed by atoms with E-state index in [1.807, 2.05) is 41.0 Å². The predicted octanol–water partition coefficient (Wildman–Crippen LogP) is 3.25. The molecule has 2 amide bonds. The lowest BCUT2D eigenvalue weighted by Crippen LogP contribution is -2.51. The molecule has 2 fully saturated rings. The number of carbonyl (C=O) groups excluding carboxylic acids is 2. The molecule has 2 saturated heterocycles. The van der Waals surface area contributed by atoms with Crippen molar-refractivity contribution in [2.45, 2.75) is 39.0 Å². The molecule has 1 aromatic carbocycles. The first-order chi connectivity index (χ1) is 15.6. The largest absolute Gasteiger partial charge is 0.342 e. The topological polar surface area (TPSA) is 61.7 Å². The van der Waals surface area contributed by atoms with Gasteiger partial charge in [0.15, 0.2) is 0 Å². The highest BCUT2D eigenvalue weighted by Crippen LogP contribution is 2.21. The maximum Gasteiger partial charge on any atom is 0.257 e. The Kier molecular flexibility index (Phi) is 7.48. The lowest BCUT2D eigenvalue weighted by molar-refractivity contribution is -0.132. The number of halogens is 1. The summed E-state index contributed by atoms with van der Waals surface area (Å²) in [5, 5.41) is 5.12. The Morgan fingerprint density at radius 3 is 2.34 bits per heavy atom. The molecule has 0 atom stereocenters. The lowest BCUT2D eigenvalue weighted by atomic mass is 10.1. The van der Waals surface area contributed by atoms with Gasteiger partial charge in [-0.05, 0) is 37.5 Å². The van der Waals surface area contributed by atoms with Crippen LogP contribution in [-0.2, 0) is 11.2 Å². The van der Waals surface area contributed by atoms with Gasteiger partial charge >= 0.3 is 0 Å². The highest BCUT2D eigenvalue weighted by molar-refractivity contribution is 6.30. The summed E-state index contributed by atoms with van der Waals surface area (Å²) in [6, 6.07) is 7.49. The maximum absolute atomic E-state index is 13.3. The van der Waals surface area contributed by atoms with Crippen LogP contribution in [0.5, 0.6) is 0 Å². The molecule has 4 rings (SSSR count). The van der Waals surface area contributed by atoms with Crippen molar-refractivity contribution in [2.75, 3.05) is 45.8 Å². The minimum Gasteiger partial charge on any atom is -0.342 e. The Morgan fingerprint density at radius 1 is 0.969 bits per heavy atom. The van der Waals surface area contributed by atoms with E-state index in [1.54, 1.807) is 10.9 Å². The highest BCUT2D eigenvalue weighted by Gasteiger charge is 2.27. The van der Waals surface area contributed by atoms with Crippen LogP contribution in [0.15, 0.2) is 30.5 Å². The molecule has 2 aliphatic heterocycles. The normalized spacial score (nSPS) is 17.9. The third-order valence-corrected chi connectivity index (χ3v) is 6.70. The molecule has 3 heterocycles. The van der Waals surface area contributed by atoms with Gasteiger partial charge in [-0.15, -0.1) is 0 Å². The first-order valence-corrected chi connectivity index (χ1v) is 12.1. The van der Waals surface area contributed by atoms with Crippen LogP contribution in [0.3, 0.4) is 0 Å². The van der Waals surface area contributed by atoms with Crippen LogP contribution >= 0.6 is 11.6 Å². The van der Waals surface area contributed by atoms with Crippen LogP contribution in [-0.4, -0.2) is 82.1 Å². The second kappa shape index (κ2) is 10.5. The lowest BCUT2D eigenvalue weighted by Gasteiger charge is -2.35. The zero-order chi connectivity index (χ0) is 22.5. The molecule has 172 valence electrons. The number of carbonyl (C=O) groups is 2. The summed E-state index contributed by atoms with van der Waals surface area (Å²) in [5.41, 5.74) is 2.38. The standard InChI is InChI=1S/C24H32ClN5O2/c1-2-22-21(17-26-30(22)20-9-7-8-19(25)16-20)24(32)29-14-12-27(13-15-29)18-23(31)28-10-5-3-4-6-11-28/h7-9,16-17H,2-6,10-15,18H2,1H3. The molecule has 0 aliphatic carbocycles. The highest BCUT2D eigenvalue weighted by atomic mass is 35.5. The van der Waals surface area contributed by atoms with Crippen LogP contribution in [0.1, 0.15) is 48.7 Å². The zero-order valence-electron chi connectivity index (χ0n) is 18.8. The van der Waals surface area contributed by atoms with E-state index in [2.05, 4.69) is 10.00 Å². The van der Waals surface area contributed by atoms with Crippen molar-refractivity contribution in [1.82, 2.24) is 24.5 Å². The molecule has 0 radical (unpaired) electrons. The van der Waals surface area contributed by atoms with E-state index in [0.717, 1.165) is 50.4 Å². The Balaban J connectivity index is 1.37. The third-order valence-electron chi connectivity index (χ3n) is 6.46. The number of hydrogen-bond acceptors (Lipinski definition) is 4. The van der Waals surface area contributed by atoms with Crippen LogP contribution in [0.25, 0.3) is 5.69 Å². The fourth-order valence-corrected chi connectivity index (χ4v) is 4.80. The fourth-order valence-electron chi connectivity index (χ4n) is 4.61. The average Bonchev–Trinajstić information content (AvgIpc) is 3.04. The number of aromatic nitrogens is 2. The van der Waals surface area contributed by atoms with Gasteiger partial charge < -0.3 is 9.80 Å². The van der Waals surface area contributed by atoms with Gasteiger partial charge in [0.2, 0.25) is 5.91 Å². The quantitative estimate of drug-likeness (QED) is 0.691. The average molecular weight is 458 g/mol. The van der Waals surface area contributed by atoms with Crippen molar-refractivity contribution < 1.29 is 9.59 Å². The summed E-state index contributed by atoms with van der Waals surface area (Å²) in [7, 11) is 0. The van der Waals surface area contributed by atoms with Gasteiger partial charge in [-0.1, -0.05) is 37.4 Å². The van der Waals surface area contributed by atoms with Crippen LogP contribution in [0.2, 0.25) is 5.02 Å². The van der Waals surface area contributed by atoms with Gasteiger partial charge in [0, 0.05) is 44.3 Å². The van der Waals surface area contributed by atoms with Crippen LogP contribution in [0, 0.1) is 0 Å². The minimum absolute atomic E-state index is 0.00798. The Morgan fingerprint density at radius 2 is 1.69 bits per heavy atom. The molecular formula is C24H32ClN5O2. The number of hydrogen-bond donors (Lipinski definition) is 0. The molecule has 0 bridgehead atoms. The summed E-state index contributed by atoms with van der Waals surface area (Å²) in [5.74, 6) is 0.233. The van der Waals surface area contributed by atoms with E-state index in [4.69, 9.17) is 11.6 Å².